The van der Waals surface area contributed by atoms with Crippen molar-refractivity contribution in [2.24, 2.45) is 0 Å². The average Bonchev–Trinajstić information content (AvgIpc) is 3.03. The van der Waals surface area contributed by atoms with Gasteiger partial charge >= 0.3 is 6.01 Å². The maximum Gasteiger partial charge on any atom is 0.322 e. The molecule has 0 aliphatic rings. The first-order chi connectivity index (χ1) is 12.5. The van der Waals surface area contributed by atoms with Crippen LogP contribution in [0.15, 0.2) is 57.8 Å². The molecule has 134 valence electrons. The van der Waals surface area contributed by atoms with E-state index in [9.17, 15) is 4.79 Å². The van der Waals surface area contributed by atoms with E-state index >= 15 is 0 Å². The smallest absolute Gasteiger partial charge is 0.322 e. The van der Waals surface area contributed by atoms with Crippen LogP contribution in [0.1, 0.15) is 41.2 Å². The van der Waals surface area contributed by atoms with Crippen LogP contribution in [0, 0.1) is 6.92 Å². The summed E-state index contributed by atoms with van der Waals surface area (Å²) in [5.41, 5.74) is 2.73. The number of aryl methyl sites for hydroxylation is 1. The topological polar surface area (TPSA) is 68.0 Å². The lowest BCUT2D eigenvalue weighted by atomic mass is 10.1. The highest BCUT2D eigenvalue weighted by atomic mass is 32.2. The highest BCUT2D eigenvalue weighted by molar-refractivity contribution is 7.99. The Morgan fingerprint density at radius 3 is 2.42 bits per heavy atom. The lowest BCUT2D eigenvalue weighted by Crippen LogP contribution is -2.11. The minimum Gasteiger partial charge on any atom is -0.407 e. The normalized spacial score (nSPS) is 10.9. The molecule has 0 spiro atoms. The molecule has 0 bridgehead atoms. The summed E-state index contributed by atoms with van der Waals surface area (Å²) in [6, 6.07) is 15.7. The largest absolute Gasteiger partial charge is 0.407 e. The van der Waals surface area contributed by atoms with Gasteiger partial charge in [-0.15, -0.1) is 16.9 Å². The fourth-order valence-electron chi connectivity index (χ4n) is 2.38. The molecule has 5 nitrogen and oxygen atoms in total. The highest BCUT2D eigenvalue weighted by Crippen LogP contribution is 2.23. The number of rotatable bonds is 6. The van der Waals surface area contributed by atoms with Crippen LogP contribution >= 0.6 is 11.8 Å². The Morgan fingerprint density at radius 2 is 1.77 bits per heavy atom. The molecule has 0 unspecified atom stereocenters. The molecule has 2 aromatic carbocycles. The Hall–Kier alpha value is -2.60. The van der Waals surface area contributed by atoms with Crippen LogP contribution in [0.2, 0.25) is 0 Å². The van der Waals surface area contributed by atoms with Crippen LogP contribution in [0.5, 0.6) is 0 Å². The number of nitrogens with zero attached hydrogens (tertiary/aromatic N) is 2. The third-order valence-electron chi connectivity index (χ3n) is 3.65. The van der Waals surface area contributed by atoms with Crippen LogP contribution in [0.4, 0.5) is 6.01 Å². The minimum atomic E-state index is -0.268. The van der Waals surface area contributed by atoms with Crippen LogP contribution in [-0.2, 0) is 6.42 Å². The summed E-state index contributed by atoms with van der Waals surface area (Å²) < 4.78 is 5.54. The van der Waals surface area contributed by atoms with Crippen molar-refractivity contribution in [1.29, 1.82) is 0 Å². The monoisotopic (exact) mass is 367 g/mol. The van der Waals surface area contributed by atoms with Crippen LogP contribution < -0.4 is 5.32 Å². The molecular formula is C20H21N3O2S. The van der Waals surface area contributed by atoms with Gasteiger partial charge in [0.2, 0.25) is 5.89 Å². The first kappa shape index (κ1) is 18.2. The lowest BCUT2D eigenvalue weighted by molar-refractivity contribution is 0.102. The number of hydrogen-bond donors (Lipinski definition) is 1. The van der Waals surface area contributed by atoms with Crippen molar-refractivity contribution in [3.63, 3.8) is 0 Å². The second kappa shape index (κ2) is 8.19. The maximum atomic E-state index is 12.2. The molecule has 6 heteroatoms. The van der Waals surface area contributed by atoms with Gasteiger partial charge in [-0.05, 0) is 36.8 Å². The van der Waals surface area contributed by atoms with E-state index in [1.807, 2.05) is 30.8 Å². The summed E-state index contributed by atoms with van der Waals surface area (Å²) in [4.78, 5) is 13.4. The van der Waals surface area contributed by atoms with Crippen molar-refractivity contribution in [2.75, 3.05) is 5.32 Å². The van der Waals surface area contributed by atoms with E-state index in [4.69, 9.17) is 4.42 Å². The number of anilines is 1. The van der Waals surface area contributed by atoms with Gasteiger partial charge in [0.15, 0.2) is 0 Å². The quantitative estimate of drug-likeness (QED) is 0.638. The molecule has 0 aliphatic heterocycles. The van der Waals surface area contributed by atoms with E-state index < -0.39 is 0 Å². The molecule has 3 aromatic rings. The summed E-state index contributed by atoms with van der Waals surface area (Å²) in [5, 5.41) is 11.1. The average molecular weight is 367 g/mol. The predicted octanol–water partition coefficient (Wildman–Crippen LogP) is 4.72. The zero-order valence-electron chi connectivity index (χ0n) is 15.0. The Kier molecular flexibility index (Phi) is 5.73. The van der Waals surface area contributed by atoms with Gasteiger partial charge in [0.1, 0.15) is 0 Å². The molecule has 1 amide bonds. The zero-order valence-corrected chi connectivity index (χ0v) is 15.8. The summed E-state index contributed by atoms with van der Waals surface area (Å²) in [7, 11) is 0. The number of aromatic nitrogens is 2. The molecule has 0 radical (unpaired) electrons. The predicted molar refractivity (Wildman–Crippen MR) is 104 cm³/mol. The van der Waals surface area contributed by atoms with Gasteiger partial charge in [-0.2, -0.15) is 0 Å². The first-order valence-corrected chi connectivity index (χ1v) is 9.33. The highest BCUT2D eigenvalue weighted by Gasteiger charge is 2.12. The molecule has 3 rings (SSSR count). The van der Waals surface area contributed by atoms with Crippen LogP contribution in [-0.4, -0.2) is 21.4 Å². The second-order valence-corrected chi connectivity index (χ2v) is 7.96. The fourth-order valence-corrected chi connectivity index (χ4v) is 3.22. The molecule has 1 heterocycles. The van der Waals surface area contributed by atoms with Crippen molar-refractivity contribution >= 4 is 23.7 Å². The van der Waals surface area contributed by atoms with E-state index in [-0.39, 0.29) is 11.9 Å². The fraction of sp³-hybridized carbons (Fsp3) is 0.250. The summed E-state index contributed by atoms with van der Waals surface area (Å²) >= 11 is 1.82. The third kappa shape index (κ3) is 4.95. The van der Waals surface area contributed by atoms with Gasteiger partial charge in [0, 0.05) is 15.7 Å². The molecule has 1 N–H and O–H groups in total. The SMILES string of the molecule is Cc1ccc(C(=O)Nc2nnc(Cc3ccc(SC(C)C)cc3)o2)cc1. The van der Waals surface area contributed by atoms with Gasteiger partial charge in [-0.1, -0.05) is 48.8 Å². The maximum absolute atomic E-state index is 12.2. The number of carbonyl (C=O) groups is 1. The van der Waals surface area contributed by atoms with Crippen molar-refractivity contribution in [2.45, 2.75) is 37.3 Å². The van der Waals surface area contributed by atoms with Crippen LogP contribution in [0.25, 0.3) is 0 Å². The van der Waals surface area contributed by atoms with Crippen molar-refractivity contribution in [3.8, 4) is 0 Å². The number of amides is 1. The van der Waals surface area contributed by atoms with E-state index in [2.05, 4.69) is 53.6 Å². The third-order valence-corrected chi connectivity index (χ3v) is 4.67. The molecule has 0 saturated carbocycles. The Labute approximate surface area is 157 Å². The molecule has 0 saturated heterocycles. The lowest BCUT2D eigenvalue weighted by Gasteiger charge is -2.05. The molecule has 1 aromatic heterocycles. The summed E-state index contributed by atoms with van der Waals surface area (Å²) in [6.07, 6.45) is 0.528. The van der Waals surface area contributed by atoms with E-state index in [1.165, 1.54) is 4.90 Å². The van der Waals surface area contributed by atoms with Gasteiger partial charge in [-0.25, -0.2) is 0 Å². The molecule has 0 fully saturated rings. The molecule has 26 heavy (non-hydrogen) atoms. The Balaban J connectivity index is 1.60. The van der Waals surface area contributed by atoms with E-state index in [0.717, 1.165) is 11.1 Å². The van der Waals surface area contributed by atoms with Gasteiger partial charge in [-0.3, -0.25) is 10.1 Å². The second-order valence-electron chi connectivity index (χ2n) is 6.31. The van der Waals surface area contributed by atoms with Gasteiger partial charge in [0.05, 0.1) is 6.42 Å². The number of hydrogen-bond acceptors (Lipinski definition) is 5. The van der Waals surface area contributed by atoms with E-state index in [0.29, 0.717) is 23.1 Å². The van der Waals surface area contributed by atoms with Crippen molar-refractivity contribution in [1.82, 2.24) is 10.2 Å². The Bertz CT molecular complexity index is 871. The van der Waals surface area contributed by atoms with Crippen molar-refractivity contribution < 1.29 is 9.21 Å². The Morgan fingerprint density at radius 1 is 1.08 bits per heavy atom. The van der Waals surface area contributed by atoms with Crippen LogP contribution in [0.3, 0.4) is 0 Å². The first-order valence-electron chi connectivity index (χ1n) is 8.45. The standard InChI is InChI=1S/C20H21N3O2S/c1-13(2)26-17-10-6-15(7-11-17)12-18-22-23-20(25-18)21-19(24)16-8-4-14(3)5-9-16/h4-11,13H,12H2,1-3H3,(H,21,23,24). The number of thioether (sulfide) groups is 1. The molecular weight excluding hydrogens is 346 g/mol. The van der Waals surface area contributed by atoms with E-state index in [1.54, 1.807) is 12.1 Å². The summed E-state index contributed by atoms with van der Waals surface area (Å²) in [5.74, 6) is 0.198. The summed E-state index contributed by atoms with van der Waals surface area (Å²) in [6.45, 7) is 6.31. The zero-order chi connectivity index (χ0) is 18.5. The minimum absolute atomic E-state index is 0.109. The number of benzene rings is 2. The van der Waals surface area contributed by atoms with Gasteiger partial charge < -0.3 is 4.42 Å². The number of nitrogens with one attached hydrogen (secondary N) is 1. The molecule has 0 atom stereocenters. The molecule has 0 aliphatic carbocycles. The van der Waals surface area contributed by atoms with Gasteiger partial charge in [0.25, 0.3) is 5.91 Å². The number of carbonyl (C=O) groups excluding carboxylic acids is 1. The van der Waals surface area contributed by atoms with Crippen molar-refractivity contribution in [3.05, 3.63) is 71.1 Å².